The third-order valence-electron chi connectivity index (χ3n) is 5.43. The molecule has 1 saturated heterocycles. The van der Waals surface area contributed by atoms with Gasteiger partial charge in [-0.15, -0.1) is 4.62 Å². The van der Waals surface area contributed by atoms with Crippen molar-refractivity contribution < 1.29 is 28.9 Å². The maximum atomic E-state index is 12.0. The lowest BCUT2D eigenvalue weighted by molar-refractivity contribution is -1.11. The molecule has 0 amide bonds. The molecule has 3 N–H and O–H groups in total. The lowest BCUT2D eigenvalue weighted by atomic mass is 9.74. The van der Waals surface area contributed by atoms with E-state index in [1.807, 2.05) is 6.07 Å². The van der Waals surface area contributed by atoms with E-state index in [2.05, 4.69) is 6.92 Å². The smallest absolute Gasteiger partial charge is 0.376 e. The number of fused-ring (bicyclic) bond motifs is 2. The molecule has 1 aliphatic carbocycles. The maximum Gasteiger partial charge on any atom is 0.376 e. The largest absolute Gasteiger partial charge is 0.504 e. The van der Waals surface area contributed by atoms with Gasteiger partial charge in [-0.25, -0.2) is 0 Å². The van der Waals surface area contributed by atoms with Gasteiger partial charge in [0.25, 0.3) is 0 Å². The number of hydroxylamine groups is 3. The number of phenols is 2. The molecule has 1 aromatic rings. The summed E-state index contributed by atoms with van der Waals surface area (Å²) in [4.78, 5) is 9.87. The number of aromatic hydroxyl groups is 2. The van der Waals surface area contributed by atoms with Crippen molar-refractivity contribution in [1.82, 2.24) is 0 Å². The lowest BCUT2D eigenvalue weighted by Gasteiger charge is -2.49. The average molecular weight is 356 g/mol. The number of hydrogen-bond acceptors (Lipinski definition) is 4. The molecule has 1 aliphatic heterocycles. The average Bonchev–Trinajstić information content (AvgIpc) is 2.49. The number of nitrogens with zero attached hydrogens (tertiary/aromatic N) is 1. The van der Waals surface area contributed by atoms with E-state index in [1.165, 1.54) is 12.7 Å². The summed E-state index contributed by atoms with van der Waals surface area (Å²) in [6.07, 6.45) is 4.17. The lowest BCUT2D eigenvalue weighted by Crippen LogP contribution is -2.62. The van der Waals surface area contributed by atoms with Gasteiger partial charge in [-0.1, -0.05) is 13.0 Å². The van der Waals surface area contributed by atoms with Gasteiger partial charge < -0.3 is 15.1 Å². The number of likely N-dealkylation sites (tertiary alicyclic amines) is 1. The van der Waals surface area contributed by atoms with Crippen LogP contribution in [0.25, 0.3) is 0 Å². The summed E-state index contributed by atoms with van der Waals surface area (Å²) in [6, 6.07) is 3.47. The number of hydrogen-bond donors (Lipinski definition) is 3. The molecule has 0 radical (unpaired) electrons. The fourth-order valence-electron chi connectivity index (χ4n) is 4.61. The Morgan fingerprint density at radius 2 is 2.08 bits per heavy atom. The summed E-state index contributed by atoms with van der Waals surface area (Å²) in [7, 11) is -3.61. The van der Waals surface area contributed by atoms with Crippen LogP contribution in [0, 0.1) is 5.92 Å². The van der Waals surface area contributed by atoms with E-state index >= 15 is 0 Å². The standard InChI is InChI=1S/C17H26NO5P/c1-3-8-18(23-24(2,21)22)9-4-5-13-10-14-12(11-15(13)18)6-7-16(19)17(14)20/h6-7,13,15H,3-5,8-11H2,1-2H3,(H2-,19,20,21,22)/p+1/t13-,15-,18+/m1/s1. The van der Waals surface area contributed by atoms with Gasteiger partial charge >= 0.3 is 7.60 Å². The van der Waals surface area contributed by atoms with Crippen molar-refractivity contribution in [2.24, 2.45) is 5.92 Å². The Hall–Kier alpha value is -1.07. The zero-order valence-corrected chi connectivity index (χ0v) is 15.2. The fraction of sp³-hybridized carbons (Fsp3) is 0.647. The molecule has 4 atom stereocenters. The van der Waals surface area contributed by atoms with Crippen molar-refractivity contribution >= 4 is 7.60 Å². The van der Waals surface area contributed by atoms with Crippen LogP contribution in [-0.4, -0.2) is 45.5 Å². The van der Waals surface area contributed by atoms with Crippen LogP contribution in [0.1, 0.15) is 37.3 Å². The molecular weight excluding hydrogens is 329 g/mol. The molecule has 0 bridgehead atoms. The fourth-order valence-corrected chi connectivity index (χ4v) is 5.49. The van der Waals surface area contributed by atoms with Gasteiger partial charge in [0.05, 0.1) is 0 Å². The highest BCUT2D eigenvalue weighted by molar-refractivity contribution is 7.51. The SMILES string of the molecule is CCC[N@+]1(OP(C)(=O)O)CCC[C@@H]2Cc3c(ccc(O)c3O)C[C@H]21. The molecular formula is C17H27NO5P+. The van der Waals surface area contributed by atoms with Crippen LogP contribution in [0.15, 0.2) is 12.1 Å². The first-order chi connectivity index (χ1) is 11.3. The second-order valence-corrected chi connectivity index (χ2v) is 9.00. The van der Waals surface area contributed by atoms with Gasteiger partial charge in [0, 0.05) is 24.6 Å². The Morgan fingerprint density at radius 3 is 2.75 bits per heavy atom. The number of rotatable bonds is 4. The second-order valence-electron chi connectivity index (χ2n) is 7.23. The summed E-state index contributed by atoms with van der Waals surface area (Å²) in [6.45, 7) is 4.77. The molecule has 6 nitrogen and oxygen atoms in total. The summed E-state index contributed by atoms with van der Waals surface area (Å²) in [5, 5.41) is 19.9. The number of quaternary nitrogens is 1. The van der Waals surface area contributed by atoms with E-state index in [9.17, 15) is 19.7 Å². The quantitative estimate of drug-likeness (QED) is 0.439. The van der Waals surface area contributed by atoms with Gasteiger partial charge in [-0.2, -0.15) is 4.65 Å². The molecule has 7 heteroatoms. The van der Waals surface area contributed by atoms with Gasteiger partial charge in [-0.05, 0) is 37.3 Å². The van der Waals surface area contributed by atoms with Crippen LogP contribution >= 0.6 is 7.60 Å². The Morgan fingerprint density at radius 1 is 1.33 bits per heavy atom. The van der Waals surface area contributed by atoms with Gasteiger partial charge in [0.1, 0.15) is 19.1 Å². The zero-order chi connectivity index (χ0) is 17.5. The third kappa shape index (κ3) is 3.21. The van der Waals surface area contributed by atoms with Crippen molar-refractivity contribution in [2.75, 3.05) is 19.8 Å². The zero-order valence-electron chi connectivity index (χ0n) is 14.3. The summed E-state index contributed by atoms with van der Waals surface area (Å²) >= 11 is 0. The van der Waals surface area contributed by atoms with E-state index in [4.69, 9.17) is 4.62 Å². The highest BCUT2D eigenvalue weighted by Crippen LogP contribution is 2.49. The van der Waals surface area contributed by atoms with Crippen LogP contribution in [0.3, 0.4) is 0 Å². The van der Waals surface area contributed by atoms with Gasteiger partial charge in [-0.3, -0.25) is 4.57 Å². The van der Waals surface area contributed by atoms with E-state index in [1.54, 1.807) is 0 Å². The molecule has 1 aromatic carbocycles. The molecule has 0 spiro atoms. The van der Waals surface area contributed by atoms with Crippen molar-refractivity contribution in [1.29, 1.82) is 0 Å². The minimum absolute atomic E-state index is 0.0191. The first-order valence-corrected chi connectivity index (χ1v) is 10.7. The molecule has 2 aliphatic rings. The first-order valence-electron chi connectivity index (χ1n) is 8.67. The number of phenolic OH excluding ortho intramolecular Hbond substituents is 2. The Labute approximate surface area is 142 Å². The maximum absolute atomic E-state index is 12.0. The van der Waals surface area contributed by atoms with Crippen molar-refractivity contribution in [2.45, 2.75) is 45.1 Å². The van der Waals surface area contributed by atoms with Crippen LogP contribution in [0.4, 0.5) is 0 Å². The Balaban J connectivity index is 2.00. The molecule has 0 saturated carbocycles. The molecule has 0 aromatic heterocycles. The van der Waals surface area contributed by atoms with Crippen molar-refractivity contribution in [3.63, 3.8) is 0 Å². The Bertz CT molecular complexity index is 669. The van der Waals surface area contributed by atoms with E-state index in [0.717, 1.165) is 36.9 Å². The van der Waals surface area contributed by atoms with Crippen LogP contribution in [0.2, 0.25) is 0 Å². The van der Waals surface area contributed by atoms with E-state index in [0.29, 0.717) is 19.4 Å². The van der Waals surface area contributed by atoms with Crippen molar-refractivity contribution in [3.8, 4) is 11.5 Å². The molecule has 1 unspecified atom stereocenters. The van der Waals surface area contributed by atoms with Crippen LogP contribution < -0.4 is 0 Å². The first kappa shape index (κ1) is 17.7. The summed E-state index contributed by atoms with van der Waals surface area (Å²) < 4.78 is 18.0. The minimum Gasteiger partial charge on any atom is -0.504 e. The molecule has 24 heavy (non-hydrogen) atoms. The van der Waals surface area contributed by atoms with Gasteiger partial charge in [0.15, 0.2) is 11.5 Å². The highest BCUT2D eigenvalue weighted by Gasteiger charge is 2.51. The molecule has 1 heterocycles. The Kier molecular flexibility index (Phi) is 4.69. The summed E-state index contributed by atoms with van der Waals surface area (Å²) in [5.74, 6) is 0.174. The predicted octanol–water partition coefficient (Wildman–Crippen LogP) is 2.95. The number of benzene rings is 1. The minimum atomic E-state index is -3.61. The molecule has 134 valence electrons. The normalized spacial score (nSPS) is 31.8. The number of piperidine rings is 1. The topological polar surface area (TPSA) is 87.0 Å². The van der Waals surface area contributed by atoms with E-state index in [-0.39, 0.29) is 28.1 Å². The van der Waals surface area contributed by atoms with Gasteiger partial charge in [0.2, 0.25) is 0 Å². The van der Waals surface area contributed by atoms with E-state index < -0.39 is 7.60 Å². The summed E-state index contributed by atoms with van der Waals surface area (Å²) in [5.41, 5.74) is 1.82. The molecule has 1 fully saturated rings. The van der Waals surface area contributed by atoms with Crippen molar-refractivity contribution in [3.05, 3.63) is 23.3 Å². The highest BCUT2D eigenvalue weighted by atomic mass is 31.2. The monoisotopic (exact) mass is 356 g/mol. The predicted molar refractivity (Wildman–Crippen MR) is 90.8 cm³/mol. The van der Waals surface area contributed by atoms with Crippen LogP contribution in [0.5, 0.6) is 11.5 Å². The molecule has 3 rings (SSSR count). The second kappa shape index (κ2) is 6.34. The van der Waals surface area contributed by atoms with Crippen LogP contribution in [-0.2, 0) is 22.0 Å². The third-order valence-corrected chi connectivity index (χ3v) is 6.06.